The Balaban J connectivity index is 1.86. The van der Waals surface area contributed by atoms with Crippen LogP contribution in [0.15, 0.2) is 73.1 Å². The molecular weight excluding hydrogens is 442 g/mol. The zero-order chi connectivity index (χ0) is 23.8. The van der Waals surface area contributed by atoms with Crippen molar-refractivity contribution in [3.8, 4) is 11.1 Å². The third kappa shape index (κ3) is 7.15. The molecule has 0 fully saturated rings. The van der Waals surface area contributed by atoms with Crippen LogP contribution in [-0.4, -0.2) is 48.4 Å². The van der Waals surface area contributed by atoms with Crippen LogP contribution in [-0.2, 0) is 21.2 Å². The van der Waals surface area contributed by atoms with E-state index in [2.05, 4.69) is 15.6 Å². The Morgan fingerprint density at radius 3 is 2.45 bits per heavy atom. The number of carboxylic acids is 1. The standard InChI is InChI=1S/C24H25N3O5S/c1-33(31,32)13-11-22(24(29)30)27-23(28)20-10-9-17(15-26-19-8-5-12-25-16-19)14-21(20)18-6-3-2-4-7-18/h2-10,12,14,16,22,26H,11,13,15H2,1H3,(H,27,28)(H,29,30)/t22-/m0/s1. The van der Waals surface area contributed by atoms with E-state index in [0.717, 1.165) is 23.1 Å². The van der Waals surface area contributed by atoms with Gasteiger partial charge in [-0.05, 0) is 47.4 Å². The van der Waals surface area contributed by atoms with Gasteiger partial charge < -0.3 is 15.7 Å². The van der Waals surface area contributed by atoms with Gasteiger partial charge >= 0.3 is 5.97 Å². The molecule has 8 nitrogen and oxygen atoms in total. The minimum absolute atomic E-state index is 0.215. The van der Waals surface area contributed by atoms with Gasteiger partial charge in [-0.3, -0.25) is 9.78 Å². The zero-order valence-electron chi connectivity index (χ0n) is 18.1. The Hall–Kier alpha value is -3.72. The summed E-state index contributed by atoms with van der Waals surface area (Å²) in [6, 6.07) is 17.0. The summed E-state index contributed by atoms with van der Waals surface area (Å²) in [4.78, 5) is 28.7. The summed E-state index contributed by atoms with van der Waals surface area (Å²) in [5.74, 6) is -2.21. The number of anilines is 1. The average Bonchev–Trinajstić information content (AvgIpc) is 2.80. The second-order valence-corrected chi connectivity index (χ2v) is 9.88. The number of carbonyl (C=O) groups is 2. The third-order valence-electron chi connectivity index (χ3n) is 4.95. The molecule has 1 aromatic heterocycles. The highest BCUT2D eigenvalue weighted by atomic mass is 32.2. The highest BCUT2D eigenvalue weighted by Gasteiger charge is 2.24. The van der Waals surface area contributed by atoms with Crippen molar-refractivity contribution < 1.29 is 23.1 Å². The number of hydrogen-bond donors (Lipinski definition) is 3. The molecule has 0 aliphatic heterocycles. The number of aliphatic carboxylic acids is 1. The summed E-state index contributed by atoms with van der Waals surface area (Å²) in [7, 11) is -3.37. The highest BCUT2D eigenvalue weighted by molar-refractivity contribution is 7.90. The molecule has 0 aliphatic rings. The van der Waals surface area contributed by atoms with E-state index < -0.39 is 27.8 Å². The lowest BCUT2D eigenvalue weighted by molar-refractivity contribution is -0.139. The van der Waals surface area contributed by atoms with E-state index in [1.54, 1.807) is 24.5 Å². The van der Waals surface area contributed by atoms with Crippen molar-refractivity contribution in [3.63, 3.8) is 0 Å². The predicted molar refractivity (Wildman–Crippen MR) is 127 cm³/mol. The van der Waals surface area contributed by atoms with E-state index in [4.69, 9.17) is 0 Å². The summed E-state index contributed by atoms with van der Waals surface area (Å²) in [5.41, 5.74) is 3.52. The minimum Gasteiger partial charge on any atom is -0.480 e. The summed E-state index contributed by atoms with van der Waals surface area (Å²) < 4.78 is 22.9. The number of nitrogens with zero attached hydrogens (tertiary/aromatic N) is 1. The predicted octanol–water partition coefficient (Wildman–Crippen LogP) is 2.98. The largest absolute Gasteiger partial charge is 0.480 e. The molecule has 0 radical (unpaired) electrons. The molecule has 1 atom stereocenters. The van der Waals surface area contributed by atoms with Crippen LogP contribution in [0.4, 0.5) is 5.69 Å². The molecule has 3 rings (SSSR count). The summed E-state index contributed by atoms with van der Waals surface area (Å²) in [5, 5.41) is 15.2. The number of benzene rings is 2. The van der Waals surface area contributed by atoms with Crippen molar-refractivity contribution in [2.75, 3.05) is 17.3 Å². The first kappa shape index (κ1) is 23.9. The Morgan fingerprint density at radius 2 is 1.82 bits per heavy atom. The fourth-order valence-electron chi connectivity index (χ4n) is 3.25. The van der Waals surface area contributed by atoms with Crippen LogP contribution in [0.25, 0.3) is 11.1 Å². The molecule has 1 heterocycles. The normalized spacial score (nSPS) is 12.0. The first-order valence-corrected chi connectivity index (χ1v) is 12.3. The third-order valence-corrected chi connectivity index (χ3v) is 5.93. The maximum atomic E-state index is 13.0. The van der Waals surface area contributed by atoms with Gasteiger partial charge in [-0.15, -0.1) is 0 Å². The van der Waals surface area contributed by atoms with Crippen molar-refractivity contribution in [3.05, 3.63) is 84.2 Å². The number of amides is 1. The quantitative estimate of drug-likeness (QED) is 0.418. The van der Waals surface area contributed by atoms with Gasteiger partial charge in [0.15, 0.2) is 0 Å². The van der Waals surface area contributed by atoms with Gasteiger partial charge in [0.2, 0.25) is 0 Å². The van der Waals surface area contributed by atoms with Gasteiger partial charge in [-0.25, -0.2) is 13.2 Å². The lowest BCUT2D eigenvalue weighted by Gasteiger charge is -2.17. The topological polar surface area (TPSA) is 125 Å². The van der Waals surface area contributed by atoms with E-state index >= 15 is 0 Å². The number of pyridine rings is 1. The van der Waals surface area contributed by atoms with Crippen molar-refractivity contribution >= 4 is 27.4 Å². The van der Waals surface area contributed by atoms with Gasteiger partial charge in [0.1, 0.15) is 15.9 Å². The first-order valence-electron chi connectivity index (χ1n) is 10.3. The van der Waals surface area contributed by atoms with E-state index in [-0.39, 0.29) is 12.2 Å². The number of hydrogen-bond acceptors (Lipinski definition) is 6. The van der Waals surface area contributed by atoms with Crippen LogP contribution < -0.4 is 10.6 Å². The van der Waals surface area contributed by atoms with Crippen molar-refractivity contribution in [1.82, 2.24) is 10.3 Å². The smallest absolute Gasteiger partial charge is 0.326 e. The van der Waals surface area contributed by atoms with Crippen LogP contribution in [0.1, 0.15) is 22.3 Å². The van der Waals surface area contributed by atoms with Crippen LogP contribution in [0.3, 0.4) is 0 Å². The first-order chi connectivity index (χ1) is 15.7. The maximum absolute atomic E-state index is 13.0. The van der Waals surface area contributed by atoms with E-state index in [1.165, 1.54) is 0 Å². The van der Waals surface area contributed by atoms with Crippen molar-refractivity contribution in [2.45, 2.75) is 19.0 Å². The molecule has 9 heteroatoms. The SMILES string of the molecule is CS(=O)(=O)CC[C@H](NC(=O)c1ccc(CNc2cccnc2)cc1-c1ccccc1)C(=O)O. The second kappa shape index (κ2) is 10.7. The average molecular weight is 468 g/mol. The van der Waals surface area contributed by atoms with Gasteiger partial charge in [0.05, 0.1) is 11.4 Å². The lowest BCUT2D eigenvalue weighted by atomic mass is 9.96. The molecular formula is C24H25N3O5S. The second-order valence-electron chi connectivity index (χ2n) is 7.62. The minimum atomic E-state index is -3.37. The Labute approximate surface area is 192 Å². The molecule has 0 saturated carbocycles. The molecule has 3 N–H and O–H groups in total. The van der Waals surface area contributed by atoms with Crippen LogP contribution in [0, 0.1) is 0 Å². The summed E-state index contributed by atoms with van der Waals surface area (Å²) in [6.07, 6.45) is 4.21. The van der Waals surface area contributed by atoms with Crippen molar-refractivity contribution in [1.29, 1.82) is 0 Å². The van der Waals surface area contributed by atoms with E-state index in [0.29, 0.717) is 17.7 Å². The van der Waals surface area contributed by atoms with Crippen molar-refractivity contribution in [2.24, 2.45) is 0 Å². The Kier molecular flexibility index (Phi) is 7.78. The maximum Gasteiger partial charge on any atom is 0.326 e. The fraction of sp³-hybridized carbons (Fsp3) is 0.208. The van der Waals surface area contributed by atoms with Gasteiger partial charge in [-0.1, -0.05) is 36.4 Å². The number of carboxylic acid groups (broad SMARTS) is 1. The van der Waals surface area contributed by atoms with Gasteiger partial charge in [0, 0.05) is 30.8 Å². The molecule has 0 unspecified atom stereocenters. The molecule has 0 bridgehead atoms. The van der Waals surface area contributed by atoms with Gasteiger partial charge in [-0.2, -0.15) is 0 Å². The van der Waals surface area contributed by atoms with Crippen LogP contribution in [0.2, 0.25) is 0 Å². The number of carbonyl (C=O) groups excluding carboxylic acids is 1. The molecule has 2 aromatic carbocycles. The molecule has 0 aliphatic carbocycles. The van der Waals surface area contributed by atoms with E-state index in [9.17, 15) is 23.1 Å². The van der Waals surface area contributed by atoms with Gasteiger partial charge in [0.25, 0.3) is 5.91 Å². The van der Waals surface area contributed by atoms with E-state index in [1.807, 2.05) is 48.5 Å². The number of aromatic nitrogens is 1. The lowest BCUT2D eigenvalue weighted by Crippen LogP contribution is -2.42. The fourth-order valence-corrected chi connectivity index (χ4v) is 3.92. The highest BCUT2D eigenvalue weighted by Crippen LogP contribution is 2.26. The number of rotatable bonds is 10. The number of sulfone groups is 1. The molecule has 1 amide bonds. The van der Waals surface area contributed by atoms with Crippen LogP contribution >= 0.6 is 0 Å². The Bertz CT molecular complexity index is 1220. The molecule has 172 valence electrons. The molecule has 3 aromatic rings. The monoisotopic (exact) mass is 467 g/mol. The Morgan fingerprint density at radius 1 is 1.06 bits per heavy atom. The molecule has 0 spiro atoms. The molecule has 33 heavy (non-hydrogen) atoms. The summed E-state index contributed by atoms with van der Waals surface area (Å²) >= 11 is 0. The zero-order valence-corrected chi connectivity index (χ0v) is 18.9. The molecule has 0 saturated heterocycles. The number of nitrogens with one attached hydrogen (secondary N) is 2. The summed E-state index contributed by atoms with van der Waals surface area (Å²) in [6.45, 7) is 0.500. The van der Waals surface area contributed by atoms with Crippen LogP contribution in [0.5, 0.6) is 0 Å².